The summed E-state index contributed by atoms with van der Waals surface area (Å²) >= 11 is 1.99. The van der Waals surface area contributed by atoms with Gasteiger partial charge in [-0.15, -0.1) is 0 Å². The number of rotatable bonds is 3. The lowest BCUT2D eigenvalue weighted by Gasteiger charge is -2.29. The molecule has 1 aliphatic heterocycles. The van der Waals surface area contributed by atoms with Crippen molar-refractivity contribution in [3.63, 3.8) is 0 Å². The largest absolute Gasteiger partial charge is 0.396 e. The molecule has 0 amide bonds. The van der Waals surface area contributed by atoms with Gasteiger partial charge in [0, 0.05) is 37.7 Å². The van der Waals surface area contributed by atoms with Gasteiger partial charge in [-0.05, 0) is 31.1 Å². The van der Waals surface area contributed by atoms with Gasteiger partial charge < -0.3 is 15.7 Å². The van der Waals surface area contributed by atoms with E-state index in [0.29, 0.717) is 18.4 Å². The van der Waals surface area contributed by atoms with Crippen molar-refractivity contribution in [2.75, 3.05) is 37.7 Å². The molecule has 1 saturated carbocycles. The number of nitrogens with two attached hydrogens (primary N) is 1. The van der Waals surface area contributed by atoms with Crippen LogP contribution in [-0.2, 0) is 0 Å². The molecule has 0 bridgehead atoms. The van der Waals surface area contributed by atoms with Crippen LogP contribution in [0.3, 0.4) is 0 Å². The molecule has 0 aromatic heterocycles. The summed E-state index contributed by atoms with van der Waals surface area (Å²) in [5.41, 5.74) is 6.05. The number of aliphatic imine (C=N–C) groups is 1. The van der Waals surface area contributed by atoms with Crippen LogP contribution in [0.1, 0.15) is 25.7 Å². The van der Waals surface area contributed by atoms with Crippen LogP contribution < -0.4 is 5.73 Å². The number of thioether (sulfide) groups is 1. The van der Waals surface area contributed by atoms with E-state index in [2.05, 4.69) is 9.89 Å². The van der Waals surface area contributed by atoms with Crippen LogP contribution >= 0.6 is 11.8 Å². The number of aliphatic hydroxyl groups excluding tert-OH is 1. The fraction of sp³-hybridized carbons (Fsp3) is 0.923. The molecule has 0 aromatic carbocycles. The molecule has 2 fully saturated rings. The summed E-state index contributed by atoms with van der Waals surface area (Å²) in [4.78, 5) is 6.77. The Labute approximate surface area is 114 Å². The van der Waals surface area contributed by atoms with E-state index >= 15 is 0 Å². The molecule has 0 aromatic rings. The molecular formula is C13H25N3OS. The second-order valence-corrected chi connectivity index (χ2v) is 6.60. The van der Waals surface area contributed by atoms with E-state index in [1.54, 1.807) is 0 Å². The Morgan fingerprint density at radius 2 is 2.00 bits per heavy atom. The Kier molecular flexibility index (Phi) is 5.63. The topological polar surface area (TPSA) is 61.9 Å². The lowest BCUT2D eigenvalue weighted by Crippen LogP contribution is -2.43. The minimum absolute atomic E-state index is 0.332. The molecule has 3 N–H and O–H groups in total. The molecule has 1 heterocycles. The molecular weight excluding hydrogens is 246 g/mol. The molecule has 2 aliphatic rings. The second-order valence-electron chi connectivity index (χ2n) is 5.38. The average molecular weight is 271 g/mol. The molecule has 0 unspecified atom stereocenters. The summed E-state index contributed by atoms with van der Waals surface area (Å²) < 4.78 is 0. The van der Waals surface area contributed by atoms with Crippen molar-refractivity contribution in [3.05, 3.63) is 0 Å². The van der Waals surface area contributed by atoms with E-state index in [-0.39, 0.29) is 0 Å². The van der Waals surface area contributed by atoms with Crippen LogP contribution in [0.25, 0.3) is 0 Å². The van der Waals surface area contributed by atoms with Gasteiger partial charge in [0.25, 0.3) is 0 Å². The Morgan fingerprint density at radius 1 is 1.28 bits per heavy atom. The first kappa shape index (κ1) is 14.0. The second kappa shape index (κ2) is 7.24. The average Bonchev–Trinajstić information content (AvgIpc) is 2.46. The van der Waals surface area contributed by atoms with Gasteiger partial charge in [0.05, 0.1) is 0 Å². The number of hydrogen-bond acceptors (Lipinski definition) is 3. The predicted octanol–water partition coefficient (Wildman–Crippen LogP) is 1.15. The maximum Gasteiger partial charge on any atom is 0.191 e. The molecule has 2 rings (SSSR count). The van der Waals surface area contributed by atoms with Crippen molar-refractivity contribution in [2.45, 2.75) is 25.7 Å². The fourth-order valence-corrected chi connectivity index (χ4v) is 3.75. The zero-order valence-corrected chi connectivity index (χ0v) is 11.9. The normalized spacial score (nSPS) is 30.5. The highest BCUT2D eigenvalue weighted by atomic mass is 32.2. The lowest BCUT2D eigenvalue weighted by molar-refractivity contribution is 0.163. The predicted molar refractivity (Wildman–Crippen MR) is 77.9 cm³/mol. The minimum Gasteiger partial charge on any atom is -0.396 e. The van der Waals surface area contributed by atoms with Gasteiger partial charge in [0.2, 0.25) is 0 Å². The highest BCUT2D eigenvalue weighted by Gasteiger charge is 2.21. The summed E-state index contributed by atoms with van der Waals surface area (Å²) in [5.74, 6) is 4.15. The maximum atomic E-state index is 9.22. The third-order valence-electron chi connectivity index (χ3n) is 4.00. The van der Waals surface area contributed by atoms with Crippen LogP contribution in [-0.4, -0.2) is 53.7 Å². The summed E-state index contributed by atoms with van der Waals surface area (Å²) in [6.45, 7) is 3.24. The summed E-state index contributed by atoms with van der Waals surface area (Å²) in [7, 11) is 0. The third-order valence-corrected chi connectivity index (χ3v) is 4.94. The Hall–Kier alpha value is -0.420. The van der Waals surface area contributed by atoms with Crippen molar-refractivity contribution in [2.24, 2.45) is 22.6 Å². The number of guanidine groups is 1. The van der Waals surface area contributed by atoms with Gasteiger partial charge in [0.1, 0.15) is 0 Å². The lowest BCUT2D eigenvalue weighted by atomic mass is 9.82. The van der Waals surface area contributed by atoms with Crippen molar-refractivity contribution < 1.29 is 5.11 Å². The molecule has 2 atom stereocenters. The first-order chi connectivity index (χ1) is 8.79. The van der Waals surface area contributed by atoms with Gasteiger partial charge in [0.15, 0.2) is 5.96 Å². The molecule has 1 saturated heterocycles. The molecule has 0 spiro atoms. The number of hydrogen-bond donors (Lipinski definition) is 2. The SMILES string of the molecule is NC(=NC[C@H]1CCC[C@@H](CO)C1)N1CCSCC1. The molecule has 5 heteroatoms. The fourth-order valence-electron chi connectivity index (χ4n) is 2.85. The first-order valence-corrected chi connectivity index (χ1v) is 8.18. The van der Waals surface area contributed by atoms with Crippen LogP contribution in [0.2, 0.25) is 0 Å². The zero-order valence-electron chi connectivity index (χ0n) is 11.1. The van der Waals surface area contributed by atoms with Crippen molar-refractivity contribution in [1.29, 1.82) is 0 Å². The molecule has 4 nitrogen and oxygen atoms in total. The van der Waals surface area contributed by atoms with E-state index < -0.39 is 0 Å². The van der Waals surface area contributed by atoms with E-state index in [4.69, 9.17) is 5.73 Å². The van der Waals surface area contributed by atoms with Gasteiger partial charge in [-0.1, -0.05) is 6.42 Å². The number of nitrogens with zero attached hydrogens (tertiary/aromatic N) is 2. The van der Waals surface area contributed by atoms with Gasteiger partial charge >= 0.3 is 0 Å². The number of aliphatic hydroxyl groups is 1. The standard InChI is InChI=1S/C13H25N3OS/c14-13(16-4-6-18-7-5-16)15-9-11-2-1-3-12(8-11)10-17/h11-12,17H,1-10H2,(H2,14,15)/t11-,12+/m0/s1. The molecule has 0 radical (unpaired) electrons. The highest BCUT2D eigenvalue weighted by molar-refractivity contribution is 7.99. The van der Waals surface area contributed by atoms with Crippen molar-refractivity contribution in [3.8, 4) is 0 Å². The zero-order chi connectivity index (χ0) is 12.8. The first-order valence-electron chi connectivity index (χ1n) is 7.03. The Morgan fingerprint density at radius 3 is 2.72 bits per heavy atom. The van der Waals surface area contributed by atoms with Crippen LogP contribution in [0.5, 0.6) is 0 Å². The van der Waals surface area contributed by atoms with E-state index in [1.165, 1.54) is 19.3 Å². The van der Waals surface area contributed by atoms with Crippen LogP contribution in [0.4, 0.5) is 0 Å². The third kappa shape index (κ3) is 4.05. The maximum absolute atomic E-state index is 9.22. The summed E-state index contributed by atoms with van der Waals surface area (Å²) in [6.07, 6.45) is 4.76. The monoisotopic (exact) mass is 271 g/mol. The van der Waals surface area contributed by atoms with Gasteiger partial charge in [-0.3, -0.25) is 4.99 Å². The van der Waals surface area contributed by atoms with Crippen molar-refractivity contribution in [1.82, 2.24) is 4.90 Å². The van der Waals surface area contributed by atoms with Crippen LogP contribution in [0, 0.1) is 11.8 Å². The Bertz CT molecular complexity index is 279. The van der Waals surface area contributed by atoms with E-state index in [0.717, 1.165) is 43.5 Å². The molecule has 1 aliphatic carbocycles. The quantitative estimate of drug-likeness (QED) is 0.597. The molecule has 18 heavy (non-hydrogen) atoms. The highest BCUT2D eigenvalue weighted by Crippen LogP contribution is 2.28. The summed E-state index contributed by atoms with van der Waals surface area (Å²) in [5, 5.41) is 9.22. The van der Waals surface area contributed by atoms with Gasteiger partial charge in [-0.25, -0.2) is 0 Å². The smallest absolute Gasteiger partial charge is 0.191 e. The Balaban J connectivity index is 1.77. The van der Waals surface area contributed by atoms with E-state index in [1.807, 2.05) is 11.8 Å². The minimum atomic E-state index is 0.332. The van der Waals surface area contributed by atoms with Crippen LogP contribution in [0.15, 0.2) is 4.99 Å². The van der Waals surface area contributed by atoms with Crippen molar-refractivity contribution >= 4 is 17.7 Å². The van der Waals surface area contributed by atoms with E-state index in [9.17, 15) is 5.11 Å². The summed E-state index contributed by atoms with van der Waals surface area (Å²) in [6, 6.07) is 0. The molecule has 104 valence electrons. The van der Waals surface area contributed by atoms with Gasteiger partial charge in [-0.2, -0.15) is 11.8 Å².